The molecular weight excluding hydrogens is 150 g/mol. The lowest BCUT2D eigenvalue weighted by atomic mass is 9.80. The summed E-state index contributed by atoms with van der Waals surface area (Å²) in [6.07, 6.45) is 1.03. The SMILES string of the molecule is CC(C)C(=O)[C@]1(C)CCN(C)C1. The standard InChI is InChI=1S/C10H19NO/c1-8(2)9(12)10(3)5-6-11(4)7-10/h8H,5-7H2,1-4H3/t10-/m1/s1. The number of likely N-dealkylation sites (tertiary alicyclic amines) is 1. The Hall–Kier alpha value is -0.370. The van der Waals surface area contributed by atoms with E-state index >= 15 is 0 Å². The number of Topliss-reactive ketones (excluding diaryl/α,β-unsaturated/α-hetero) is 1. The largest absolute Gasteiger partial charge is 0.305 e. The van der Waals surface area contributed by atoms with Crippen LogP contribution < -0.4 is 0 Å². The highest BCUT2D eigenvalue weighted by Gasteiger charge is 2.39. The van der Waals surface area contributed by atoms with E-state index in [0.29, 0.717) is 5.78 Å². The molecule has 1 saturated heterocycles. The monoisotopic (exact) mass is 169 g/mol. The lowest BCUT2D eigenvalue weighted by Gasteiger charge is -2.24. The molecule has 2 heteroatoms. The Morgan fingerprint density at radius 3 is 2.42 bits per heavy atom. The summed E-state index contributed by atoms with van der Waals surface area (Å²) in [7, 11) is 2.08. The number of carbonyl (C=O) groups excluding carboxylic acids is 1. The molecule has 1 aliphatic heterocycles. The Morgan fingerprint density at radius 2 is 2.08 bits per heavy atom. The van der Waals surface area contributed by atoms with E-state index in [0.717, 1.165) is 19.5 Å². The minimum Gasteiger partial charge on any atom is -0.305 e. The van der Waals surface area contributed by atoms with Crippen LogP contribution >= 0.6 is 0 Å². The molecule has 0 aromatic carbocycles. The van der Waals surface area contributed by atoms with E-state index in [1.54, 1.807) is 0 Å². The van der Waals surface area contributed by atoms with Crippen LogP contribution in [-0.2, 0) is 4.79 Å². The van der Waals surface area contributed by atoms with Gasteiger partial charge in [0, 0.05) is 17.9 Å². The molecule has 0 unspecified atom stereocenters. The summed E-state index contributed by atoms with van der Waals surface area (Å²) < 4.78 is 0. The van der Waals surface area contributed by atoms with Crippen LogP contribution in [0.1, 0.15) is 27.2 Å². The summed E-state index contributed by atoms with van der Waals surface area (Å²) in [5.74, 6) is 0.605. The number of hydrogen-bond acceptors (Lipinski definition) is 2. The number of hydrogen-bond donors (Lipinski definition) is 0. The molecule has 0 saturated carbocycles. The van der Waals surface area contributed by atoms with Crippen LogP contribution in [0.4, 0.5) is 0 Å². The van der Waals surface area contributed by atoms with Gasteiger partial charge in [0.1, 0.15) is 5.78 Å². The van der Waals surface area contributed by atoms with Gasteiger partial charge in [0.25, 0.3) is 0 Å². The molecule has 0 aromatic rings. The number of nitrogens with zero attached hydrogens (tertiary/aromatic N) is 1. The summed E-state index contributed by atoms with van der Waals surface area (Å²) in [5.41, 5.74) is -0.0666. The van der Waals surface area contributed by atoms with Crippen molar-refractivity contribution in [3.8, 4) is 0 Å². The molecule has 70 valence electrons. The van der Waals surface area contributed by atoms with Gasteiger partial charge in [-0.1, -0.05) is 20.8 Å². The third kappa shape index (κ3) is 1.69. The van der Waals surface area contributed by atoms with E-state index in [1.165, 1.54) is 0 Å². The second-order valence-corrected chi connectivity index (χ2v) is 4.57. The van der Waals surface area contributed by atoms with E-state index in [2.05, 4.69) is 18.9 Å². The Kier molecular flexibility index (Phi) is 2.57. The summed E-state index contributed by atoms with van der Waals surface area (Å²) in [4.78, 5) is 14.0. The van der Waals surface area contributed by atoms with Crippen LogP contribution in [0, 0.1) is 11.3 Å². The molecule has 1 aliphatic rings. The Balaban J connectivity index is 2.67. The fourth-order valence-corrected chi connectivity index (χ4v) is 2.09. The van der Waals surface area contributed by atoms with Crippen molar-refractivity contribution in [3.63, 3.8) is 0 Å². The molecular formula is C10H19NO. The molecule has 1 atom stereocenters. The molecule has 0 radical (unpaired) electrons. The third-order valence-corrected chi connectivity index (χ3v) is 2.78. The van der Waals surface area contributed by atoms with E-state index < -0.39 is 0 Å². The molecule has 0 aliphatic carbocycles. The number of rotatable bonds is 2. The highest BCUT2D eigenvalue weighted by molar-refractivity contribution is 5.86. The maximum Gasteiger partial charge on any atom is 0.142 e. The normalized spacial score (nSPS) is 31.4. The van der Waals surface area contributed by atoms with Gasteiger partial charge in [-0.2, -0.15) is 0 Å². The quantitative estimate of drug-likeness (QED) is 0.625. The van der Waals surface area contributed by atoms with Crippen molar-refractivity contribution in [3.05, 3.63) is 0 Å². The van der Waals surface area contributed by atoms with Gasteiger partial charge in [0.2, 0.25) is 0 Å². The fourth-order valence-electron chi connectivity index (χ4n) is 2.09. The average molecular weight is 169 g/mol. The maximum atomic E-state index is 11.8. The van der Waals surface area contributed by atoms with E-state index in [-0.39, 0.29) is 11.3 Å². The first-order chi connectivity index (χ1) is 5.46. The minimum absolute atomic E-state index is 0.0666. The second-order valence-electron chi connectivity index (χ2n) is 4.57. The second kappa shape index (κ2) is 3.17. The molecule has 12 heavy (non-hydrogen) atoms. The predicted octanol–water partition coefficient (Wildman–Crippen LogP) is 1.55. The lowest BCUT2D eigenvalue weighted by molar-refractivity contribution is -0.130. The molecule has 2 nitrogen and oxygen atoms in total. The van der Waals surface area contributed by atoms with Crippen molar-refractivity contribution in [1.29, 1.82) is 0 Å². The zero-order chi connectivity index (χ0) is 9.35. The van der Waals surface area contributed by atoms with Gasteiger partial charge >= 0.3 is 0 Å². The van der Waals surface area contributed by atoms with Gasteiger partial charge in [-0.15, -0.1) is 0 Å². The van der Waals surface area contributed by atoms with Gasteiger partial charge < -0.3 is 4.90 Å². The van der Waals surface area contributed by atoms with E-state index in [4.69, 9.17) is 0 Å². The van der Waals surface area contributed by atoms with Gasteiger partial charge in [-0.3, -0.25) is 4.79 Å². The molecule has 0 amide bonds. The van der Waals surface area contributed by atoms with E-state index in [1.807, 2.05) is 13.8 Å². The van der Waals surface area contributed by atoms with Crippen molar-refractivity contribution in [2.75, 3.05) is 20.1 Å². The van der Waals surface area contributed by atoms with Gasteiger partial charge in [-0.05, 0) is 20.0 Å². The highest BCUT2D eigenvalue weighted by Crippen LogP contribution is 2.32. The molecule has 1 rings (SSSR count). The smallest absolute Gasteiger partial charge is 0.142 e. The van der Waals surface area contributed by atoms with Crippen molar-refractivity contribution in [1.82, 2.24) is 4.90 Å². The van der Waals surface area contributed by atoms with Crippen LogP contribution in [0.3, 0.4) is 0 Å². The average Bonchev–Trinajstić information content (AvgIpc) is 2.31. The summed E-state index contributed by atoms with van der Waals surface area (Å²) in [5, 5.41) is 0. The highest BCUT2D eigenvalue weighted by atomic mass is 16.1. The molecule has 0 aromatic heterocycles. The van der Waals surface area contributed by atoms with Crippen LogP contribution in [0.15, 0.2) is 0 Å². The fraction of sp³-hybridized carbons (Fsp3) is 0.900. The Labute approximate surface area is 74.9 Å². The number of ketones is 1. The van der Waals surface area contributed by atoms with Crippen LogP contribution in [0.25, 0.3) is 0 Å². The summed E-state index contributed by atoms with van der Waals surface area (Å²) in [6.45, 7) is 8.08. The van der Waals surface area contributed by atoms with Gasteiger partial charge in [0.05, 0.1) is 0 Å². The first kappa shape index (κ1) is 9.72. The summed E-state index contributed by atoms with van der Waals surface area (Å²) >= 11 is 0. The third-order valence-electron chi connectivity index (χ3n) is 2.78. The molecule has 0 bridgehead atoms. The topological polar surface area (TPSA) is 20.3 Å². The zero-order valence-corrected chi connectivity index (χ0v) is 8.55. The molecule has 1 heterocycles. The zero-order valence-electron chi connectivity index (χ0n) is 8.55. The van der Waals surface area contributed by atoms with E-state index in [9.17, 15) is 4.79 Å². The van der Waals surface area contributed by atoms with Gasteiger partial charge in [0.15, 0.2) is 0 Å². The van der Waals surface area contributed by atoms with Crippen molar-refractivity contribution >= 4 is 5.78 Å². The number of carbonyl (C=O) groups is 1. The maximum absolute atomic E-state index is 11.8. The minimum atomic E-state index is -0.0666. The van der Waals surface area contributed by atoms with Crippen LogP contribution in [0.5, 0.6) is 0 Å². The Morgan fingerprint density at radius 1 is 1.50 bits per heavy atom. The van der Waals surface area contributed by atoms with Crippen molar-refractivity contribution < 1.29 is 4.79 Å². The Bertz CT molecular complexity index is 188. The van der Waals surface area contributed by atoms with Crippen LogP contribution in [0.2, 0.25) is 0 Å². The first-order valence-electron chi connectivity index (χ1n) is 4.68. The lowest BCUT2D eigenvalue weighted by Crippen LogP contribution is -2.33. The van der Waals surface area contributed by atoms with Crippen molar-refractivity contribution in [2.45, 2.75) is 27.2 Å². The first-order valence-corrected chi connectivity index (χ1v) is 4.68. The van der Waals surface area contributed by atoms with Gasteiger partial charge in [-0.25, -0.2) is 0 Å². The molecule has 1 fully saturated rings. The van der Waals surface area contributed by atoms with Crippen LogP contribution in [-0.4, -0.2) is 30.8 Å². The summed E-state index contributed by atoms with van der Waals surface area (Å²) in [6, 6.07) is 0. The van der Waals surface area contributed by atoms with Crippen molar-refractivity contribution in [2.24, 2.45) is 11.3 Å². The molecule has 0 N–H and O–H groups in total. The molecule has 0 spiro atoms. The predicted molar refractivity (Wildman–Crippen MR) is 50.1 cm³/mol.